The molecule has 2 aliphatic rings. The number of aromatic nitrogens is 3. The van der Waals surface area contributed by atoms with Crippen molar-refractivity contribution in [3.8, 4) is 11.5 Å². The number of fused-ring (bicyclic) bond motifs is 2. The average molecular weight is 651 g/mol. The fourth-order valence-electron chi connectivity index (χ4n) is 6.10. The predicted octanol–water partition coefficient (Wildman–Crippen LogP) is 5.19. The zero-order valence-electron chi connectivity index (χ0n) is 26.5. The molecule has 0 bridgehead atoms. The van der Waals surface area contributed by atoms with Crippen molar-refractivity contribution in [2.75, 3.05) is 52.1 Å². The molecule has 3 amide bonds. The number of hydrogen-bond donors (Lipinski definition) is 2. The number of alkyl halides is 3. The molecular weight excluding hydrogens is 613 g/mol. The second kappa shape index (κ2) is 13.2. The quantitative estimate of drug-likeness (QED) is 0.284. The Morgan fingerprint density at radius 1 is 1.13 bits per heavy atom. The van der Waals surface area contributed by atoms with Gasteiger partial charge in [-0.1, -0.05) is 13.0 Å². The first kappa shape index (κ1) is 32.3. The molecule has 4 aromatic rings. The summed E-state index contributed by atoms with van der Waals surface area (Å²) >= 11 is 0. The summed E-state index contributed by atoms with van der Waals surface area (Å²) in [4.78, 5) is 35.7. The van der Waals surface area contributed by atoms with E-state index in [1.54, 1.807) is 54.2 Å². The minimum atomic E-state index is -4.56. The van der Waals surface area contributed by atoms with Gasteiger partial charge in [-0.3, -0.25) is 14.7 Å². The third-order valence-corrected chi connectivity index (χ3v) is 8.57. The number of nitrogens with one attached hydrogen (secondary N) is 2. The topological polar surface area (TPSA) is 107 Å². The minimum absolute atomic E-state index is 0.0661. The minimum Gasteiger partial charge on any atom is -0.453 e. The zero-order valence-corrected chi connectivity index (χ0v) is 26.5. The Kier molecular flexibility index (Phi) is 9.06. The van der Waals surface area contributed by atoms with Gasteiger partial charge in [0.15, 0.2) is 5.75 Å². The van der Waals surface area contributed by atoms with Gasteiger partial charge in [0.2, 0.25) is 0 Å². The van der Waals surface area contributed by atoms with Crippen molar-refractivity contribution < 1.29 is 27.5 Å². The van der Waals surface area contributed by atoms with Crippen LogP contribution in [0.3, 0.4) is 0 Å². The van der Waals surface area contributed by atoms with Crippen LogP contribution in [0.5, 0.6) is 11.5 Å². The van der Waals surface area contributed by atoms with E-state index in [1.165, 1.54) is 17.0 Å². The van der Waals surface area contributed by atoms with Crippen LogP contribution >= 0.6 is 0 Å². The van der Waals surface area contributed by atoms with Gasteiger partial charge >= 0.3 is 12.2 Å². The number of halogens is 3. The lowest BCUT2D eigenvalue weighted by Gasteiger charge is -2.34. The van der Waals surface area contributed by atoms with Gasteiger partial charge in [-0.05, 0) is 41.8 Å². The standard InChI is InChI=1S/C33H37F3N8O3/c1-4-21-18-43(32(46)40-25-6-5-22(27(15-25)33(34,35)36)17-42-11-9-37-10-12-42)19-23-13-26(16-38-30(21)23)47-29-7-8-39-44-20-24(14-28(29)44)31(45)41(2)3/h5-8,13-16,20-21,37H,4,9-12,17-19H2,1-3H3,(H,40,46)/t21-/m0/s1. The van der Waals surface area contributed by atoms with Crippen LogP contribution in [0.15, 0.2) is 55.0 Å². The molecule has 0 aliphatic carbocycles. The van der Waals surface area contributed by atoms with Gasteiger partial charge in [0, 0.05) is 83.8 Å². The van der Waals surface area contributed by atoms with Gasteiger partial charge in [-0.15, -0.1) is 0 Å². The van der Waals surface area contributed by atoms with Crippen LogP contribution in [0.25, 0.3) is 5.52 Å². The second-order valence-electron chi connectivity index (χ2n) is 12.1. The first-order chi connectivity index (χ1) is 22.5. The Bertz CT molecular complexity index is 1780. The monoisotopic (exact) mass is 650 g/mol. The summed E-state index contributed by atoms with van der Waals surface area (Å²) in [5.41, 5.74) is 2.21. The molecule has 248 valence electrons. The predicted molar refractivity (Wildman–Crippen MR) is 170 cm³/mol. The van der Waals surface area contributed by atoms with Crippen LogP contribution in [-0.4, -0.2) is 88.1 Å². The van der Waals surface area contributed by atoms with Crippen LogP contribution in [0.1, 0.15) is 52.0 Å². The van der Waals surface area contributed by atoms with E-state index in [0.29, 0.717) is 48.6 Å². The molecule has 1 atom stereocenters. The highest BCUT2D eigenvalue weighted by molar-refractivity contribution is 5.95. The molecule has 47 heavy (non-hydrogen) atoms. The number of rotatable bonds is 7. The van der Waals surface area contributed by atoms with E-state index >= 15 is 0 Å². The highest BCUT2D eigenvalue weighted by Gasteiger charge is 2.35. The van der Waals surface area contributed by atoms with Crippen molar-refractivity contribution in [1.29, 1.82) is 0 Å². The third-order valence-electron chi connectivity index (χ3n) is 8.57. The number of hydrogen-bond acceptors (Lipinski definition) is 7. The number of carbonyl (C=O) groups excluding carboxylic acids is 2. The fraction of sp³-hybridized carbons (Fsp3) is 0.394. The first-order valence-electron chi connectivity index (χ1n) is 15.5. The van der Waals surface area contributed by atoms with Crippen LogP contribution in [0.4, 0.5) is 23.7 Å². The SMILES string of the molecule is CC[C@H]1CN(C(=O)Nc2ccc(CN3CCNCC3)c(C(F)(F)F)c2)Cc2cc(Oc3ccnn4cc(C(=O)N(C)C)cc34)cnc21. The lowest BCUT2D eigenvalue weighted by molar-refractivity contribution is -0.138. The summed E-state index contributed by atoms with van der Waals surface area (Å²) in [6.45, 7) is 5.57. The number of carbonyl (C=O) groups is 2. The molecule has 2 N–H and O–H groups in total. The molecule has 1 aromatic carbocycles. The number of nitrogens with zero attached hydrogens (tertiary/aromatic N) is 6. The Morgan fingerprint density at radius 2 is 1.91 bits per heavy atom. The van der Waals surface area contributed by atoms with Crippen molar-refractivity contribution >= 4 is 23.1 Å². The van der Waals surface area contributed by atoms with E-state index in [0.717, 1.165) is 30.4 Å². The van der Waals surface area contributed by atoms with Crippen molar-refractivity contribution in [2.24, 2.45) is 0 Å². The number of amides is 3. The molecule has 11 nitrogen and oxygen atoms in total. The summed E-state index contributed by atoms with van der Waals surface area (Å²) in [5, 5.41) is 10.2. The molecule has 1 fully saturated rings. The molecule has 5 heterocycles. The highest BCUT2D eigenvalue weighted by Crippen LogP contribution is 2.36. The average Bonchev–Trinajstić information content (AvgIpc) is 3.50. The molecule has 14 heteroatoms. The molecule has 0 radical (unpaired) electrons. The van der Waals surface area contributed by atoms with Crippen molar-refractivity contribution in [3.63, 3.8) is 0 Å². The molecule has 2 aliphatic heterocycles. The van der Waals surface area contributed by atoms with Gasteiger partial charge in [0.25, 0.3) is 5.91 Å². The van der Waals surface area contributed by atoms with Crippen molar-refractivity contribution in [1.82, 2.24) is 34.6 Å². The second-order valence-corrected chi connectivity index (χ2v) is 12.1. The van der Waals surface area contributed by atoms with E-state index < -0.39 is 17.8 Å². The summed E-state index contributed by atoms with van der Waals surface area (Å²) in [7, 11) is 3.35. The largest absolute Gasteiger partial charge is 0.453 e. The summed E-state index contributed by atoms with van der Waals surface area (Å²) in [5.74, 6) is 0.675. The summed E-state index contributed by atoms with van der Waals surface area (Å²) in [6, 6.07) is 8.73. The Hall–Kier alpha value is -4.69. The van der Waals surface area contributed by atoms with Crippen LogP contribution in [0, 0.1) is 0 Å². The zero-order chi connectivity index (χ0) is 33.3. The normalized spacial score (nSPS) is 17.0. The number of piperazine rings is 1. The smallest absolute Gasteiger partial charge is 0.416 e. The number of pyridine rings is 1. The molecule has 3 aromatic heterocycles. The summed E-state index contributed by atoms with van der Waals surface area (Å²) < 4.78 is 50.0. The fourth-order valence-corrected chi connectivity index (χ4v) is 6.10. The van der Waals surface area contributed by atoms with E-state index in [4.69, 9.17) is 4.74 Å². The maximum absolute atomic E-state index is 14.1. The van der Waals surface area contributed by atoms with Crippen molar-refractivity contribution in [2.45, 2.75) is 38.5 Å². The van der Waals surface area contributed by atoms with Gasteiger partial charge in [-0.25, -0.2) is 9.31 Å². The van der Waals surface area contributed by atoms with E-state index in [1.807, 2.05) is 17.9 Å². The van der Waals surface area contributed by atoms with E-state index in [-0.39, 0.29) is 36.2 Å². The lowest BCUT2D eigenvalue weighted by atomic mass is 9.92. The maximum Gasteiger partial charge on any atom is 0.416 e. The van der Waals surface area contributed by atoms with E-state index in [9.17, 15) is 22.8 Å². The molecule has 0 saturated carbocycles. The van der Waals surface area contributed by atoms with Crippen molar-refractivity contribution in [3.05, 3.63) is 82.9 Å². The molecule has 6 rings (SSSR count). The van der Waals surface area contributed by atoms with Gasteiger partial charge < -0.3 is 25.2 Å². The van der Waals surface area contributed by atoms with Gasteiger partial charge in [-0.2, -0.15) is 18.3 Å². The summed E-state index contributed by atoms with van der Waals surface area (Å²) in [6.07, 6.45) is 0.980. The van der Waals surface area contributed by atoms with Gasteiger partial charge in [0.1, 0.15) is 11.3 Å². The maximum atomic E-state index is 14.1. The first-order valence-corrected chi connectivity index (χ1v) is 15.5. The highest BCUT2D eigenvalue weighted by atomic mass is 19.4. The van der Waals surface area contributed by atoms with Crippen LogP contribution < -0.4 is 15.4 Å². The Labute approximate surface area is 270 Å². The Morgan fingerprint density at radius 3 is 2.64 bits per heavy atom. The van der Waals surface area contributed by atoms with Crippen LogP contribution in [0.2, 0.25) is 0 Å². The van der Waals surface area contributed by atoms with E-state index in [2.05, 4.69) is 20.7 Å². The molecular formula is C33H37F3N8O3. The molecule has 0 unspecified atom stereocenters. The number of benzene rings is 1. The third kappa shape index (κ3) is 7.03. The Balaban J connectivity index is 1.20. The number of anilines is 1. The number of urea groups is 1. The molecule has 0 spiro atoms. The van der Waals surface area contributed by atoms with Gasteiger partial charge in [0.05, 0.1) is 29.2 Å². The molecule has 1 saturated heterocycles. The number of ether oxygens (including phenoxy) is 1. The lowest BCUT2D eigenvalue weighted by Crippen LogP contribution is -2.43. The van der Waals surface area contributed by atoms with Crippen LogP contribution in [-0.2, 0) is 19.3 Å².